The minimum absolute atomic E-state index is 0.0399. The van der Waals surface area contributed by atoms with Crippen molar-refractivity contribution in [1.82, 2.24) is 24.6 Å². The van der Waals surface area contributed by atoms with Gasteiger partial charge in [0.2, 0.25) is 0 Å². The lowest BCUT2D eigenvalue weighted by atomic mass is 10.1. The first-order valence-electron chi connectivity index (χ1n) is 7.10. The van der Waals surface area contributed by atoms with E-state index in [-0.39, 0.29) is 18.1 Å². The van der Waals surface area contributed by atoms with Gasteiger partial charge in [-0.3, -0.25) is 9.48 Å². The van der Waals surface area contributed by atoms with E-state index in [1.54, 1.807) is 24.1 Å². The number of nitrogens with one attached hydrogen (secondary N) is 1. The molecule has 3 heterocycles. The largest absolute Gasteiger partial charge is 0.371 e. The lowest BCUT2D eigenvalue weighted by Crippen LogP contribution is -2.37. The molecule has 7 nitrogen and oxygen atoms in total. The Morgan fingerprint density at radius 3 is 3.05 bits per heavy atom. The topological polar surface area (TPSA) is 74.0 Å². The molecule has 0 aromatic carbocycles. The van der Waals surface area contributed by atoms with E-state index in [4.69, 9.17) is 4.74 Å². The molecule has 2 atom stereocenters. The summed E-state index contributed by atoms with van der Waals surface area (Å²) < 4.78 is 9.33. The van der Waals surface area contributed by atoms with Crippen LogP contribution in [0, 0.1) is 0 Å². The summed E-state index contributed by atoms with van der Waals surface area (Å²) in [7, 11) is 1.80. The number of amides is 1. The maximum atomic E-state index is 12.3. The number of rotatable bonds is 4. The smallest absolute Gasteiger partial charge is 0.269 e. The van der Waals surface area contributed by atoms with Gasteiger partial charge in [-0.1, -0.05) is 0 Å². The fraction of sp³-hybridized carbons (Fsp3) is 0.500. The van der Waals surface area contributed by atoms with Crippen molar-refractivity contribution in [3.05, 3.63) is 36.2 Å². The Bertz CT molecular complexity index is 633. The predicted molar refractivity (Wildman–Crippen MR) is 75.7 cm³/mol. The quantitative estimate of drug-likeness (QED) is 0.907. The third-order valence-corrected chi connectivity index (χ3v) is 3.76. The highest BCUT2D eigenvalue weighted by molar-refractivity contribution is 5.92. The summed E-state index contributed by atoms with van der Waals surface area (Å²) in [6.07, 6.45) is 7.62. The summed E-state index contributed by atoms with van der Waals surface area (Å²) in [4.78, 5) is 16.2. The lowest BCUT2D eigenvalue weighted by Gasteiger charge is -2.18. The zero-order valence-corrected chi connectivity index (χ0v) is 12.2. The monoisotopic (exact) mass is 289 g/mol. The van der Waals surface area contributed by atoms with Crippen LogP contribution in [0.2, 0.25) is 0 Å². The molecule has 1 aliphatic rings. The summed E-state index contributed by atoms with van der Waals surface area (Å²) in [5.41, 5.74) is 1.55. The van der Waals surface area contributed by atoms with Crippen molar-refractivity contribution in [1.29, 1.82) is 0 Å². The number of imidazole rings is 1. The molecule has 0 unspecified atom stereocenters. The average molecular weight is 289 g/mol. The van der Waals surface area contributed by atoms with Crippen LogP contribution in [0.25, 0.3) is 0 Å². The van der Waals surface area contributed by atoms with Crippen LogP contribution in [0.3, 0.4) is 0 Å². The van der Waals surface area contributed by atoms with Gasteiger partial charge in [0, 0.05) is 32.0 Å². The fourth-order valence-electron chi connectivity index (χ4n) is 2.58. The Morgan fingerprint density at radius 2 is 2.38 bits per heavy atom. The highest BCUT2D eigenvalue weighted by Crippen LogP contribution is 2.29. The third-order valence-electron chi connectivity index (χ3n) is 3.76. The summed E-state index contributed by atoms with van der Waals surface area (Å²) in [5, 5.41) is 7.30. The number of aryl methyl sites for hydroxylation is 2. The maximum absolute atomic E-state index is 12.3. The number of carbonyl (C=O) groups excluding carboxylic acids is 1. The molecular formula is C14H19N5O2. The van der Waals surface area contributed by atoms with E-state index in [0.717, 1.165) is 18.5 Å². The van der Waals surface area contributed by atoms with E-state index in [1.165, 1.54) is 0 Å². The van der Waals surface area contributed by atoms with Crippen molar-refractivity contribution in [3.63, 3.8) is 0 Å². The van der Waals surface area contributed by atoms with Gasteiger partial charge in [0.15, 0.2) is 0 Å². The minimum Gasteiger partial charge on any atom is -0.371 e. The first kappa shape index (κ1) is 13.8. The normalized spacial score (nSPS) is 21.6. The van der Waals surface area contributed by atoms with Crippen molar-refractivity contribution in [2.45, 2.75) is 32.0 Å². The number of hydrogen-bond donors (Lipinski definition) is 1. The van der Waals surface area contributed by atoms with E-state index in [9.17, 15) is 4.79 Å². The van der Waals surface area contributed by atoms with Crippen molar-refractivity contribution in [2.24, 2.45) is 7.05 Å². The molecule has 0 aliphatic carbocycles. The Labute approximate surface area is 122 Å². The average Bonchev–Trinajstić information content (AvgIpc) is 3.17. The number of ether oxygens (including phenoxy) is 1. The summed E-state index contributed by atoms with van der Waals surface area (Å²) in [5.74, 6) is -0.126. The van der Waals surface area contributed by atoms with Crippen LogP contribution in [-0.2, 0) is 18.3 Å². The van der Waals surface area contributed by atoms with Crippen molar-refractivity contribution in [2.75, 3.05) is 6.61 Å². The Kier molecular flexibility index (Phi) is 3.74. The molecule has 7 heteroatoms. The van der Waals surface area contributed by atoms with Crippen molar-refractivity contribution >= 4 is 5.91 Å². The minimum atomic E-state index is -0.137. The maximum Gasteiger partial charge on any atom is 0.269 e. The van der Waals surface area contributed by atoms with Crippen LogP contribution in [0.1, 0.15) is 35.5 Å². The molecule has 1 amide bonds. The number of hydrogen-bond acceptors (Lipinski definition) is 4. The van der Waals surface area contributed by atoms with Gasteiger partial charge in [0.05, 0.1) is 24.8 Å². The molecular weight excluding hydrogens is 270 g/mol. The Morgan fingerprint density at radius 1 is 1.52 bits per heavy atom. The van der Waals surface area contributed by atoms with Gasteiger partial charge in [0.1, 0.15) is 11.8 Å². The second-order valence-electron chi connectivity index (χ2n) is 5.18. The van der Waals surface area contributed by atoms with Gasteiger partial charge in [-0.05, 0) is 13.3 Å². The zero-order chi connectivity index (χ0) is 14.8. The molecule has 0 bridgehead atoms. The molecule has 1 saturated heterocycles. The summed E-state index contributed by atoms with van der Waals surface area (Å²) >= 11 is 0. The third kappa shape index (κ3) is 2.69. The Hall–Kier alpha value is -2.15. The molecule has 0 saturated carbocycles. The van der Waals surface area contributed by atoms with Gasteiger partial charge in [0.25, 0.3) is 5.91 Å². The van der Waals surface area contributed by atoms with Crippen LogP contribution in [0.4, 0.5) is 0 Å². The first-order chi connectivity index (χ1) is 10.2. The first-order valence-corrected chi connectivity index (χ1v) is 7.10. The van der Waals surface area contributed by atoms with Crippen molar-refractivity contribution < 1.29 is 9.53 Å². The van der Waals surface area contributed by atoms with Crippen molar-refractivity contribution in [3.8, 4) is 0 Å². The molecule has 21 heavy (non-hydrogen) atoms. The van der Waals surface area contributed by atoms with E-state index in [0.29, 0.717) is 12.3 Å². The van der Waals surface area contributed by atoms with E-state index in [2.05, 4.69) is 15.4 Å². The molecule has 2 aromatic heterocycles. The van der Waals surface area contributed by atoms with Gasteiger partial charge < -0.3 is 14.6 Å². The molecule has 2 aromatic rings. The molecule has 1 N–H and O–H groups in total. The summed E-state index contributed by atoms with van der Waals surface area (Å²) in [6, 6.07) is -0.0399. The molecule has 112 valence electrons. The van der Waals surface area contributed by atoms with Crippen LogP contribution < -0.4 is 5.32 Å². The number of carbonyl (C=O) groups is 1. The lowest BCUT2D eigenvalue weighted by molar-refractivity contribution is 0.0815. The molecule has 0 radical (unpaired) electrons. The van der Waals surface area contributed by atoms with E-state index in [1.807, 2.05) is 24.0 Å². The van der Waals surface area contributed by atoms with Gasteiger partial charge >= 0.3 is 0 Å². The molecule has 1 fully saturated rings. The van der Waals surface area contributed by atoms with E-state index < -0.39 is 0 Å². The van der Waals surface area contributed by atoms with Crippen LogP contribution in [-0.4, -0.2) is 37.9 Å². The second kappa shape index (κ2) is 5.69. The highest BCUT2D eigenvalue weighted by Gasteiger charge is 2.32. The number of aromatic nitrogens is 4. The van der Waals surface area contributed by atoms with E-state index >= 15 is 0 Å². The van der Waals surface area contributed by atoms with Crippen LogP contribution in [0.15, 0.2) is 24.9 Å². The predicted octanol–water partition coefficient (Wildman–Crippen LogP) is 0.896. The molecule has 3 rings (SSSR count). The van der Waals surface area contributed by atoms with Crippen LogP contribution >= 0.6 is 0 Å². The standard InChI is InChI=1S/C14H19N5O2/c1-3-19-8-10(6-16-19)13-11(4-5-21-13)17-14(20)12-7-15-9-18(12)2/h6-9,11,13H,3-5H2,1-2H3,(H,17,20)/t11-,13+/m0/s1. The fourth-order valence-corrected chi connectivity index (χ4v) is 2.58. The van der Waals surface area contributed by atoms with Gasteiger partial charge in [-0.25, -0.2) is 4.98 Å². The van der Waals surface area contributed by atoms with Crippen LogP contribution in [0.5, 0.6) is 0 Å². The Balaban J connectivity index is 1.72. The summed E-state index contributed by atoms with van der Waals surface area (Å²) in [6.45, 7) is 3.49. The second-order valence-corrected chi connectivity index (χ2v) is 5.18. The SMILES string of the molecule is CCn1cc([C@H]2OCC[C@@H]2NC(=O)c2cncn2C)cn1. The molecule has 1 aliphatic heterocycles. The highest BCUT2D eigenvalue weighted by atomic mass is 16.5. The van der Waals surface area contributed by atoms with Gasteiger partial charge in [-0.2, -0.15) is 5.10 Å². The number of nitrogens with zero attached hydrogens (tertiary/aromatic N) is 4. The molecule has 0 spiro atoms. The van der Waals surface area contributed by atoms with Gasteiger partial charge in [-0.15, -0.1) is 0 Å². The zero-order valence-electron chi connectivity index (χ0n) is 12.2.